The molecule has 1 aliphatic heterocycles. The third-order valence-electron chi connectivity index (χ3n) is 3.53. The molecule has 7 nitrogen and oxygen atoms in total. The molecule has 1 aromatic heterocycles. The lowest BCUT2D eigenvalue weighted by atomic mass is 10.2. The number of aryl methyl sites for hydroxylation is 1. The van der Waals surface area contributed by atoms with Crippen LogP contribution in [0.15, 0.2) is 12.3 Å². The lowest BCUT2D eigenvalue weighted by molar-refractivity contribution is -0.143. The van der Waals surface area contributed by atoms with Crippen LogP contribution < -0.4 is 5.32 Å². The zero-order valence-corrected chi connectivity index (χ0v) is 12.3. The second-order valence-corrected chi connectivity index (χ2v) is 5.06. The van der Waals surface area contributed by atoms with Crippen LogP contribution in [-0.2, 0) is 14.3 Å². The topological polar surface area (TPSA) is 84.4 Å². The number of nitrogens with zero attached hydrogens (tertiary/aromatic N) is 3. The first kappa shape index (κ1) is 15.4. The number of carbonyl (C=O) groups is 2. The molecule has 1 aliphatic rings. The Morgan fingerprint density at radius 3 is 3.05 bits per heavy atom. The van der Waals surface area contributed by atoms with Crippen molar-refractivity contribution in [3.63, 3.8) is 0 Å². The highest BCUT2D eigenvalue weighted by Crippen LogP contribution is 2.15. The molecule has 1 aromatic rings. The number of aromatic nitrogens is 2. The molecule has 0 saturated carbocycles. The maximum atomic E-state index is 12.2. The smallest absolute Gasteiger partial charge is 0.252 e. The first-order chi connectivity index (χ1) is 10.1. The first-order valence-corrected chi connectivity index (χ1v) is 7.01. The van der Waals surface area contributed by atoms with Gasteiger partial charge in [0.05, 0.1) is 24.1 Å². The molecule has 0 radical (unpaired) electrons. The van der Waals surface area contributed by atoms with Crippen LogP contribution in [-0.4, -0.2) is 53.2 Å². The number of rotatable bonds is 4. The van der Waals surface area contributed by atoms with Crippen molar-refractivity contribution in [2.24, 2.45) is 0 Å². The Hall–Kier alpha value is -2.02. The standard InChI is InChI=1S/C14H20N4O3/c1-10-11(6-7-15-17-10)16-13(19)9-18-8-4-3-5-12(21-2)14(18)20/h6-7,12H,3-5,8-9H2,1-2H3,(H,15,16,19). The molecule has 1 fully saturated rings. The van der Waals surface area contributed by atoms with Crippen molar-refractivity contribution in [1.82, 2.24) is 15.1 Å². The Balaban J connectivity index is 1.98. The Kier molecular flexibility index (Phi) is 5.21. The molecule has 1 unspecified atom stereocenters. The van der Waals surface area contributed by atoms with Crippen LogP contribution in [0.4, 0.5) is 5.69 Å². The number of nitrogens with one attached hydrogen (secondary N) is 1. The van der Waals surface area contributed by atoms with Crippen LogP contribution in [0, 0.1) is 6.92 Å². The lowest BCUT2D eigenvalue weighted by Gasteiger charge is -2.23. The summed E-state index contributed by atoms with van der Waals surface area (Å²) in [6.45, 7) is 2.38. The summed E-state index contributed by atoms with van der Waals surface area (Å²) >= 11 is 0. The normalized spacial score (nSPS) is 19.2. The van der Waals surface area contributed by atoms with E-state index in [-0.39, 0.29) is 18.4 Å². The molecule has 2 heterocycles. The molecule has 0 aromatic carbocycles. The highest BCUT2D eigenvalue weighted by Gasteiger charge is 2.28. The summed E-state index contributed by atoms with van der Waals surface area (Å²) in [5.41, 5.74) is 1.25. The minimum atomic E-state index is -0.440. The van der Waals surface area contributed by atoms with Crippen LogP contribution in [0.3, 0.4) is 0 Å². The van der Waals surface area contributed by atoms with E-state index in [1.807, 2.05) is 0 Å². The highest BCUT2D eigenvalue weighted by molar-refractivity contribution is 5.95. The van der Waals surface area contributed by atoms with E-state index in [9.17, 15) is 9.59 Å². The van der Waals surface area contributed by atoms with Crippen LogP contribution in [0.2, 0.25) is 0 Å². The van der Waals surface area contributed by atoms with Crippen molar-refractivity contribution in [2.75, 3.05) is 25.5 Å². The van der Waals surface area contributed by atoms with E-state index in [1.54, 1.807) is 17.9 Å². The average molecular weight is 292 g/mol. The van der Waals surface area contributed by atoms with Crippen LogP contribution in [0.1, 0.15) is 25.0 Å². The molecule has 0 bridgehead atoms. The van der Waals surface area contributed by atoms with Gasteiger partial charge in [-0.25, -0.2) is 0 Å². The van der Waals surface area contributed by atoms with E-state index in [1.165, 1.54) is 13.3 Å². The molecule has 0 spiro atoms. The maximum absolute atomic E-state index is 12.2. The minimum absolute atomic E-state index is 0.0282. The predicted molar refractivity (Wildman–Crippen MR) is 76.6 cm³/mol. The molecule has 1 atom stereocenters. The number of methoxy groups -OCH3 is 1. The first-order valence-electron chi connectivity index (χ1n) is 7.01. The summed E-state index contributed by atoms with van der Waals surface area (Å²) in [5.74, 6) is -0.356. The summed E-state index contributed by atoms with van der Waals surface area (Å²) in [4.78, 5) is 25.9. The van der Waals surface area contributed by atoms with Gasteiger partial charge in [-0.1, -0.05) is 0 Å². The molecule has 1 saturated heterocycles. The van der Waals surface area contributed by atoms with Gasteiger partial charge < -0.3 is 15.0 Å². The van der Waals surface area contributed by atoms with Crippen molar-refractivity contribution in [1.29, 1.82) is 0 Å². The van der Waals surface area contributed by atoms with E-state index >= 15 is 0 Å². The van der Waals surface area contributed by atoms with Gasteiger partial charge in [0.15, 0.2) is 0 Å². The molecule has 2 amide bonds. The van der Waals surface area contributed by atoms with Gasteiger partial charge in [0, 0.05) is 13.7 Å². The van der Waals surface area contributed by atoms with Gasteiger partial charge in [-0.05, 0) is 32.3 Å². The van der Waals surface area contributed by atoms with Crippen molar-refractivity contribution in [2.45, 2.75) is 32.3 Å². The molecule has 7 heteroatoms. The summed E-state index contributed by atoms with van der Waals surface area (Å²) in [5, 5.41) is 10.4. The van der Waals surface area contributed by atoms with Crippen molar-refractivity contribution in [3.05, 3.63) is 18.0 Å². The van der Waals surface area contributed by atoms with Gasteiger partial charge in [0.1, 0.15) is 6.10 Å². The lowest BCUT2D eigenvalue weighted by Crippen LogP contribution is -2.43. The predicted octanol–water partition coefficient (Wildman–Crippen LogP) is 0.751. The monoisotopic (exact) mass is 292 g/mol. The number of likely N-dealkylation sites (tertiary alicyclic amines) is 1. The molecule has 1 N–H and O–H groups in total. The second kappa shape index (κ2) is 7.12. The van der Waals surface area contributed by atoms with Crippen LogP contribution in [0.5, 0.6) is 0 Å². The number of amides is 2. The summed E-state index contributed by atoms with van der Waals surface area (Å²) < 4.78 is 5.19. The Labute approximate surface area is 123 Å². The Morgan fingerprint density at radius 2 is 2.33 bits per heavy atom. The summed E-state index contributed by atoms with van der Waals surface area (Å²) in [6, 6.07) is 1.68. The maximum Gasteiger partial charge on any atom is 0.252 e. The van der Waals surface area contributed by atoms with E-state index < -0.39 is 6.10 Å². The highest BCUT2D eigenvalue weighted by atomic mass is 16.5. The number of hydrogen-bond acceptors (Lipinski definition) is 5. The third kappa shape index (κ3) is 3.98. The van der Waals surface area contributed by atoms with E-state index in [4.69, 9.17) is 4.74 Å². The van der Waals surface area contributed by atoms with Crippen LogP contribution in [0.25, 0.3) is 0 Å². The number of carbonyl (C=O) groups excluding carboxylic acids is 2. The van der Waals surface area contributed by atoms with Gasteiger partial charge in [0.25, 0.3) is 5.91 Å². The Bertz CT molecular complexity index is 521. The van der Waals surface area contributed by atoms with E-state index in [2.05, 4.69) is 15.5 Å². The van der Waals surface area contributed by atoms with Crippen molar-refractivity contribution >= 4 is 17.5 Å². The fraction of sp³-hybridized carbons (Fsp3) is 0.571. The molecular weight excluding hydrogens is 272 g/mol. The van der Waals surface area contributed by atoms with Gasteiger partial charge in [-0.2, -0.15) is 10.2 Å². The number of hydrogen-bond donors (Lipinski definition) is 1. The second-order valence-electron chi connectivity index (χ2n) is 5.06. The molecule has 2 rings (SSSR count). The van der Waals surface area contributed by atoms with E-state index in [0.717, 1.165) is 12.8 Å². The number of anilines is 1. The zero-order valence-electron chi connectivity index (χ0n) is 12.3. The molecule has 114 valence electrons. The van der Waals surface area contributed by atoms with Gasteiger partial charge in [-0.3, -0.25) is 9.59 Å². The van der Waals surface area contributed by atoms with Crippen molar-refractivity contribution < 1.29 is 14.3 Å². The summed E-state index contributed by atoms with van der Waals surface area (Å²) in [6.07, 6.45) is 3.59. The molecule has 0 aliphatic carbocycles. The van der Waals surface area contributed by atoms with Gasteiger partial charge in [-0.15, -0.1) is 0 Å². The van der Waals surface area contributed by atoms with Crippen molar-refractivity contribution in [3.8, 4) is 0 Å². The Morgan fingerprint density at radius 1 is 1.52 bits per heavy atom. The number of ether oxygens (including phenoxy) is 1. The quantitative estimate of drug-likeness (QED) is 0.885. The average Bonchev–Trinajstić information content (AvgIpc) is 2.64. The molecule has 21 heavy (non-hydrogen) atoms. The largest absolute Gasteiger partial charge is 0.372 e. The third-order valence-corrected chi connectivity index (χ3v) is 3.53. The van der Waals surface area contributed by atoms with Gasteiger partial charge >= 0.3 is 0 Å². The minimum Gasteiger partial charge on any atom is -0.372 e. The van der Waals surface area contributed by atoms with E-state index in [0.29, 0.717) is 24.3 Å². The fourth-order valence-corrected chi connectivity index (χ4v) is 2.34. The molecular formula is C14H20N4O3. The van der Waals surface area contributed by atoms with Gasteiger partial charge in [0.2, 0.25) is 5.91 Å². The fourth-order valence-electron chi connectivity index (χ4n) is 2.34. The SMILES string of the molecule is COC1CCCCN(CC(=O)Nc2ccnnc2C)C1=O. The zero-order chi connectivity index (χ0) is 15.2. The van der Waals surface area contributed by atoms with Crippen LogP contribution >= 0.6 is 0 Å². The summed E-state index contributed by atoms with van der Waals surface area (Å²) in [7, 11) is 1.53.